The Morgan fingerprint density at radius 3 is 2.65 bits per heavy atom. The second-order valence-electron chi connectivity index (χ2n) is 5.73. The quantitative estimate of drug-likeness (QED) is 0.661. The number of hydrogen-bond acceptors (Lipinski definition) is 3. The minimum Gasteiger partial charge on any atom is -0.481 e. The Hall–Kier alpha value is -1.30. The number of aliphatic carboxylic acids is 1. The number of carbonyl (C=O) groups is 2. The van der Waals surface area contributed by atoms with Gasteiger partial charge in [-0.2, -0.15) is 0 Å². The summed E-state index contributed by atoms with van der Waals surface area (Å²) in [7, 11) is 0. The zero-order chi connectivity index (χ0) is 14.4. The van der Waals surface area contributed by atoms with Crippen molar-refractivity contribution in [1.82, 2.24) is 15.5 Å². The fraction of sp³-hybridized carbons (Fsp3) is 0.857. The molecule has 1 aliphatic carbocycles. The third-order valence-electron chi connectivity index (χ3n) is 4.27. The van der Waals surface area contributed by atoms with Crippen LogP contribution in [0.5, 0.6) is 0 Å². The van der Waals surface area contributed by atoms with Gasteiger partial charge in [0.2, 0.25) is 0 Å². The number of carboxylic acids is 1. The average Bonchev–Trinajstić information content (AvgIpc) is 2.80. The molecule has 1 saturated carbocycles. The highest BCUT2D eigenvalue weighted by molar-refractivity contribution is 5.77. The molecule has 0 aromatic carbocycles. The van der Waals surface area contributed by atoms with Gasteiger partial charge in [0, 0.05) is 25.7 Å². The number of hydrogen-bond donors (Lipinski definition) is 3. The van der Waals surface area contributed by atoms with Gasteiger partial charge in [-0.15, -0.1) is 0 Å². The number of rotatable bonds is 2. The Balaban J connectivity index is 1.94. The molecule has 0 bridgehead atoms. The number of nitrogens with zero attached hydrogens (tertiary/aromatic N) is 1. The van der Waals surface area contributed by atoms with Crippen LogP contribution < -0.4 is 10.6 Å². The van der Waals surface area contributed by atoms with Gasteiger partial charge in [-0.25, -0.2) is 4.79 Å². The molecule has 2 atom stereocenters. The largest absolute Gasteiger partial charge is 0.481 e. The van der Waals surface area contributed by atoms with Gasteiger partial charge in [0.05, 0.1) is 5.92 Å². The normalized spacial score (nSPS) is 28.3. The van der Waals surface area contributed by atoms with Gasteiger partial charge in [-0.3, -0.25) is 4.79 Å². The average molecular weight is 283 g/mol. The molecule has 0 radical (unpaired) electrons. The number of amides is 2. The lowest BCUT2D eigenvalue weighted by Crippen LogP contribution is -2.49. The molecule has 1 aliphatic heterocycles. The van der Waals surface area contributed by atoms with E-state index in [1.54, 1.807) is 4.90 Å². The van der Waals surface area contributed by atoms with Crippen LogP contribution in [0.3, 0.4) is 0 Å². The maximum Gasteiger partial charge on any atom is 0.317 e. The molecule has 2 rings (SSSR count). The maximum atomic E-state index is 12.3. The minimum absolute atomic E-state index is 0.105. The monoisotopic (exact) mass is 283 g/mol. The molecular formula is C14H25N3O3. The van der Waals surface area contributed by atoms with Crippen molar-refractivity contribution < 1.29 is 14.7 Å². The van der Waals surface area contributed by atoms with Crippen LogP contribution in [-0.4, -0.2) is 54.2 Å². The Bertz CT molecular complexity index is 341. The van der Waals surface area contributed by atoms with E-state index in [0.29, 0.717) is 13.0 Å². The molecule has 2 fully saturated rings. The van der Waals surface area contributed by atoms with Gasteiger partial charge in [0.1, 0.15) is 0 Å². The fourth-order valence-corrected chi connectivity index (χ4v) is 3.07. The van der Waals surface area contributed by atoms with Gasteiger partial charge in [-0.05, 0) is 25.8 Å². The number of nitrogens with one attached hydrogen (secondary N) is 2. The molecule has 2 aliphatic rings. The molecule has 6 heteroatoms. The summed E-state index contributed by atoms with van der Waals surface area (Å²) in [5, 5.41) is 15.6. The van der Waals surface area contributed by atoms with Crippen molar-refractivity contribution in [2.24, 2.45) is 5.92 Å². The van der Waals surface area contributed by atoms with Crippen molar-refractivity contribution in [3.63, 3.8) is 0 Å². The van der Waals surface area contributed by atoms with Crippen LogP contribution in [-0.2, 0) is 4.79 Å². The molecule has 6 nitrogen and oxygen atoms in total. The molecule has 2 unspecified atom stereocenters. The predicted octanol–water partition coefficient (Wildman–Crippen LogP) is 1.02. The molecule has 0 spiro atoms. The molecule has 20 heavy (non-hydrogen) atoms. The first-order valence-electron chi connectivity index (χ1n) is 7.67. The van der Waals surface area contributed by atoms with Crippen molar-refractivity contribution in [1.29, 1.82) is 0 Å². The summed E-state index contributed by atoms with van der Waals surface area (Å²) in [6.45, 7) is 3.17. The minimum atomic E-state index is -0.783. The Labute approximate surface area is 119 Å². The van der Waals surface area contributed by atoms with E-state index >= 15 is 0 Å². The van der Waals surface area contributed by atoms with Gasteiger partial charge in [0.25, 0.3) is 0 Å². The van der Waals surface area contributed by atoms with Crippen molar-refractivity contribution in [2.75, 3.05) is 26.2 Å². The fourth-order valence-electron chi connectivity index (χ4n) is 3.07. The smallest absolute Gasteiger partial charge is 0.317 e. The summed E-state index contributed by atoms with van der Waals surface area (Å²) in [6, 6.07) is -0.328. The summed E-state index contributed by atoms with van der Waals surface area (Å²) in [4.78, 5) is 25.4. The third-order valence-corrected chi connectivity index (χ3v) is 4.27. The second-order valence-corrected chi connectivity index (χ2v) is 5.73. The highest BCUT2D eigenvalue weighted by Crippen LogP contribution is 2.24. The number of carboxylic acid groups (broad SMARTS) is 1. The molecule has 1 saturated heterocycles. The maximum absolute atomic E-state index is 12.3. The van der Waals surface area contributed by atoms with Crippen LogP contribution in [0.15, 0.2) is 0 Å². The summed E-state index contributed by atoms with van der Waals surface area (Å²) < 4.78 is 0. The van der Waals surface area contributed by atoms with E-state index in [4.69, 9.17) is 0 Å². The molecule has 114 valence electrons. The summed E-state index contributed by atoms with van der Waals surface area (Å²) in [6.07, 6.45) is 5.38. The molecule has 0 aromatic rings. The van der Waals surface area contributed by atoms with Crippen LogP contribution in [0.2, 0.25) is 0 Å². The van der Waals surface area contributed by atoms with E-state index in [-0.39, 0.29) is 12.1 Å². The van der Waals surface area contributed by atoms with Crippen molar-refractivity contribution in [2.45, 2.75) is 44.6 Å². The number of urea groups is 1. The van der Waals surface area contributed by atoms with E-state index < -0.39 is 11.9 Å². The van der Waals surface area contributed by atoms with Gasteiger partial charge >= 0.3 is 12.0 Å². The van der Waals surface area contributed by atoms with Crippen molar-refractivity contribution >= 4 is 12.0 Å². The van der Waals surface area contributed by atoms with E-state index in [0.717, 1.165) is 51.7 Å². The van der Waals surface area contributed by atoms with Crippen LogP contribution in [0.1, 0.15) is 38.5 Å². The van der Waals surface area contributed by atoms with E-state index in [2.05, 4.69) is 10.6 Å². The van der Waals surface area contributed by atoms with Gasteiger partial charge in [-0.1, -0.05) is 19.3 Å². The summed E-state index contributed by atoms with van der Waals surface area (Å²) in [5.74, 6) is -1.22. The van der Waals surface area contributed by atoms with Crippen molar-refractivity contribution in [3.8, 4) is 0 Å². The topological polar surface area (TPSA) is 81.7 Å². The standard InChI is InChI=1S/C14H25N3O3/c18-13(19)11-5-2-1-3-6-12(11)16-14(20)17-9-4-7-15-8-10-17/h11-12,15H,1-10H2,(H,16,20)(H,18,19). The molecule has 3 N–H and O–H groups in total. The van der Waals surface area contributed by atoms with E-state index in [1.165, 1.54) is 0 Å². The molecule has 1 heterocycles. The van der Waals surface area contributed by atoms with Crippen molar-refractivity contribution in [3.05, 3.63) is 0 Å². The second kappa shape index (κ2) is 7.47. The molecule has 2 amide bonds. The lowest BCUT2D eigenvalue weighted by molar-refractivity contribution is -0.142. The number of carbonyl (C=O) groups excluding carboxylic acids is 1. The van der Waals surface area contributed by atoms with E-state index in [1.807, 2.05) is 0 Å². The molecular weight excluding hydrogens is 258 g/mol. The third kappa shape index (κ3) is 4.10. The predicted molar refractivity (Wildman–Crippen MR) is 75.6 cm³/mol. The zero-order valence-corrected chi connectivity index (χ0v) is 11.9. The molecule has 0 aromatic heterocycles. The highest BCUT2D eigenvalue weighted by atomic mass is 16.4. The summed E-state index contributed by atoms with van der Waals surface area (Å²) in [5.41, 5.74) is 0. The van der Waals surface area contributed by atoms with Gasteiger partial charge in [0.15, 0.2) is 0 Å². The zero-order valence-electron chi connectivity index (χ0n) is 11.9. The van der Waals surface area contributed by atoms with Crippen LogP contribution >= 0.6 is 0 Å². The Kier molecular flexibility index (Phi) is 5.64. The van der Waals surface area contributed by atoms with Crippen LogP contribution in [0.4, 0.5) is 4.79 Å². The first-order valence-corrected chi connectivity index (χ1v) is 7.67. The lowest BCUT2D eigenvalue weighted by Gasteiger charge is -2.27. The highest BCUT2D eigenvalue weighted by Gasteiger charge is 2.31. The summed E-state index contributed by atoms with van der Waals surface area (Å²) >= 11 is 0. The lowest BCUT2D eigenvalue weighted by atomic mass is 9.95. The Morgan fingerprint density at radius 1 is 1.05 bits per heavy atom. The van der Waals surface area contributed by atoms with Gasteiger partial charge < -0.3 is 20.6 Å². The van der Waals surface area contributed by atoms with Crippen LogP contribution in [0.25, 0.3) is 0 Å². The first-order chi connectivity index (χ1) is 9.68. The first kappa shape index (κ1) is 15.1. The Morgan fingerprint density at radius 2 is 1.85 bits per heavy atom. The van der Waals surface area contributed by atoms with Crippen LogP contribution in [0, 0.1) is 5.92 Å². The SMILES string of the molecule is O=C(O)C1CCCCCC1NC(=O)N1CCCNCC1. The van der Waals surface area contributed by atoms with E-state index in [9.17, 15) is 14.7 Å².